The van der Waals surface area contributed by atoms with Gasteiger partial charge in [-0.25, -0.2) is 0 Å². The number of hydrogen-bond acceptors (Lipinski definition) is 4. The second kappa shape index (κ2) is 11.5. The fourth-order valence-corrected chi connectivity index (χ4v) is 4.79. The number of amides is 1. The summed E-state index contributed by atoms with van der Waals surface area (Å²) in [5.74, 6) is 0.317. The van der Waals surface area contributed by atoms with Crippen molar-refractivity contribution in [3.63, 3.8) is 0 Å². The van der Waals surface area contributed by atoms with Crippen LogP contribution in [0.25, 0.3) is 0 Å². The van der Waals surface area contributed by atoms with E-state index in [1.807, 2.05) is 20.8 Å². The van der Waals surface area contributed by atoms with E-state index in [1.165, 1.54) is 38.5 Å². The van der Waals surface area contributed by atoms with Crippen molar-refractivity contribution >= 4 is 5.91 Å². The molecule has 0 aromatic carbocycles. The van der Waals surface area contributed by atoms with Crippen LogP contribution in [0.15, 0.2) is 0 Å². The number of likely N-dealkylation sites (tertiary alicyclic amines) is 1. The summed E-state index contributed by atoms with van der Waals surface area (Å²) in [7, 11) is 0. The molecule has 2 aliphatic rings. The van der Waals surface area contributed by atoms with Gasteiger partial charge in [-0.3, -0.25) is 9.69 Å². The Kier molecular flexibility index (Phi) is 9.72. The first-order valence-electron chi connectivity index (χ1n) is 11.7. The van der Waals surface area contributed by atoms with Crippen LogP contribution in [0.5, 0.6) is 0 Å². The van der Waals surface area contributed by atoms with Crippen LogP contribution in [0.4, 0.5) is 0 Å². The lowest BCUT2D eigenvalue weighted by atomic mass is 9.89. The van der Waals surface area contributed by atoms with Crippen LogP contribution in [-0.4, -0.2) is 70.3 Å². The monoisotopic (exact) mass is 396 g/mol. The van der Waals surface area contributed by atoms with Gasteiger partial charge in [0.15, 0.2) is 0 Å². The molecule has 164 valence electrons. The summed E-state index contributed by atoms with van der Waals surface area (Å²) in [5, 5.41) is 19.3. The molecule has 2 fully saturated rings. The number of carbonyl (C=O) groups excluding carboxylic acids is 1. The third kappa shape index (κ3) is 7.31. The fraction of sp³-hybridized carbons (Fsp3) is 0.957. The average Bonchev–Trinajstić information content (AvgIpc) is 2.67. The first-order chi connectivity index (χ1) is 13.3. The van der Waals surface area contributed by atoms with Gasteiger partial charge >= 0.3 is 0 Å². The van der Waals surface area contributed by atoms with Crippen LogP contribution in [0, 0.1) is 5.41 Å². The van der Waals surface area contributed by atoms with E-state index in [0.29, 0.717) is 18.4 Å². The Labute approximate surface area is 172 Å². The highest BCUT2D eigenvalue weighted by Crippen LogP contribution is 2.27. The SMILES string of the molecule is CC(C)(C)C(=O)N(CCCCCCN1CCC(O)CC1CO)C1CCCCC1. The molecule has 2 unspecified atom stereocenters. The minimum atomic E-state index is -0.296. The fourth-order valence-electron chi connectivity index (χ4n) is 4.79. The second-order valence-electron chi connectivity index (χ2n) is 10.0. The average molecular weight is 397 g/mol. The third-order valence-corrected chi connectivity index (χ3v) is 6.53. The molecule has 5 nitrogen and oxygen atoms in total. The lowest BCUT2D eigenvalue weighted by molar-refractivity contribution is -0.142. The molecular weight excluding hydrogens is 352 g/mol. The molecule has 1 saturated heterocycles. The summed E-state index contributed by atoms with van der Waals surface area (Å²) < 4.78 is 0. The Morgan fingerprint density at radius 3 is 2.36 bits per heavy atom. The largest absolute Gasteiger partial charge is 0.395 e. The highest BCUT2D eigenvalue weighted by molar-refractivity contribution is 5.81. The van der Waals surface area contributed by atoms with Crippen molar-refractivity contribution in [2.75, 3.05) is 26.2 Å². The smallest absolute Gasteiger partial charge is 0.228 e. The molecule has 0 radical (unpaired) electrons. The molecular formula is C23H44N2O3. The van der Waals surface area contributed by atoms with Crippen LogP contribution in [0.3, 0.4) is 0 Å². The van der Waals surface area contributed by atoms with Gasteiger partial charge in [-0.05, 0) is 45.1 Å². The molecule has 1 amide bonds. The van der Waals surface area contributed by atoms with E-state index in [4.69, 9.17) is 0 Å². The predicted octanol–water partition coefficient (Wildman–Crippen LogP) is 3.57. The van der Waals surface area contributed by atoms with E-state index in [0.717, 1.165) is 45.3 Å². The molecule has 0 aromatic rings. The number of aliphatic hydroxyl groups is 2. The Morgan fingerprint density at radius 1 is 1.04 bits per heavy atom. The summed E-state index contributed by atoms with van der Waals surface area (Å²) >= 11 is 0. The van der Waals surface area contributed by atoms with E-state index < -0.39 is 0 Å². The number of hydrogen-bond donors (Lipinski definition) is 2. The summed E-state index contributed by atoms with van der Waals surface area (Å²) in [5.41, 5.74) is -0.296. The number of rotatable bonds is 9. The lowest BCUT2D eigenvalue weighted by Gasteiger charge is -2.38. The molecule has 28 heavy (non-hydrogen) atoms. The maximum Gasteiger partial charge on any atom is 0.228 e. The number of aliphatic hydroxyl groups excluding tert-OH is 2. The van der Waals surface area contributed by atoms with E-state index in [2.05, 4.69) is 9.80 Å². The van der Waals surface area contributed by atoms with Gasteiger partial charge in [-0.2, -0.15) is 0 Å². The molecule has 1 saturated carbocycles. The van der Waals surface area contributed by atoms with Crippen molar-refractivity contribution in [2.24, 2.45) is 5.41 Å². The second-order valence-corrected chi connectivity index (χ2v) is 10.0. The van der Waals surface area contributed by atoms with Gasteiger partial charge in [0.25, 0.3) is 0 Å². The van der Waals surface area contributed by atoms with Gasteiger partial charge in [0.05, 0.1) is 12.7 Å². The van der Waals surface area contributed by atoms with Gasteiger partial charge in [0.1, 0.15) is 0 Å². The maximum atomic E-state index is 13.0. The van der Waals surface area contributed by atoms with E-state index in [1.54, 1.807) is 0 Å². The molecule has 0 aromatic heterocycles. The van der Waals surface area contributed by atoms with Crippen LogP contribution in [-0.2, 0) is 4.79 Å². The molecule has 2 atom stereocenters. The number of nitrogens with zero attached hydrogens (tertiary/aromatic N) is 2. The highest BCUT2D eigenvalue weighted by Gasteiger charge is 2.32. The van der Waals surface area contributed by atoms with Gasteiger partial charge < -0.3 is 15.1 Å². The maximum absolute atomic E-state index is 13.0. The first-order valence-corrected chi connectivity index (χ1v) is 11.7. The van der Waals surface area contributed by atoms with Gasteiger partial charge in [0, 0.05) is 30.6 Å². The molecule has 0 bridgehead atoms. The number of piperidine rings is 1. The summed E-state index contributed by atoms with van der Waals surface area (Å²) in [4.78, 5) is 17.5. The van der Waals surface area contributed by atoms with E-state index >= 15 is 0 Å². The van der Waals surface area contributed by atoms with Crippen molar-refractivity contribution in [1.29, 1.82) is 0 Å². The minimum absolute atomic E-state index is 0.120. The lowest BCUT2D eigenvalue weighted by Crippen LogP contribution is -2.47. The van der Waals surface area contributed by atoms with E-state index in [-0.39, 0.29) is 24.2 Å². The number of unbranched alkanes of at least 4 members (excludes halogenated alkanes) is 3. The van der Waals surface area contributed by atoms with Crippen LogP contribution < -0.4 is 0 Å². The van der Waals surface area contributed by atoms with E-state index in [9.17, 15) is 15.0 Å². The molecule has 1 aliphatic heterocycles. The van der Waals surface area contributed by atoms with Gasteiger partial charge in [-0.1, -0.05) is 52.9 Å². The molecule has 1 heterocycles. The van der Waals surface area contributed by atoms with Gasteiger partial charge in [-0.15, -0.1) is 0 Å². The predicted molar refractivity (Wildman–Crippen MR) is 114 cm³/mol. The summed E-state index contributed by atoms with van der Waals surface area (Å²) in [6.45, 7) is 9.06. The van der Waals surface area contributed by atoms with Crippen molar-refractivity contribution in [3.05, 3.63) is 0 Å². The third-order valence-electron chi connectivity index (χ3n) is 6.53. The summed E-state index contributed by atoms with van der Waals surface area (Å²) in [6, 6.07) is 0.570. The highest BCUT2D eigenvalue weighted by atomic mass is 16.3. The van der Waals surface area contributed by atoms with Gasteiger partial charge in [0.2, 0.25) is 5.91 Å². The number of carbonyl (C=O) groups is 1. The normalized spacial score (nSPS) is 25.0. The van der Waals surface area contributed by atoms with Crippen molar-refractivity contribution < 1.29 is 15.0 Å². The zero-order chi connectivity index (χ0) is 20.6. The Morgan fingerprint density at radius 2 is 1.71 bits per heavy atom. The molecule has 2 N–H and O–H groups in total. The quantitative estimate of drug-likeness (QED) is 0.585. The first kappa shape index (κ1) is 23.6. The molecule has 2 rings (SSSR count). The van der Waals surface area contributed by atoms with Crippen molar-refractivity contribution in [3.8, 4) is 0 Å². The standard InChI is InChI=1S/C23H44N2O3/c1-23(2,3)22(28)25(19-11-7-6-8-12-19)15-10-5-4-9-14-24-16-13-21(27)17-20(24)18-26/h19-21,26-27H,4-18H2,1-3H3. The molecule has 0 spiro atoms. The zero-order valence-corrected chi connectivity index (χ0v) is 18.5. The Hall–Kier alpha value is -0.650. The minimum Gasteiger partial charge on any atom is -0.395 e. The van der Waals surface area contributed by atoms with Crippen LogP contribution in [0.2, 0.25) is 0 Å². The Bertz CT molecular complexity index is 457. The van der Waals surface area contributed by atoms with Crippen molar-refractivity contribution in [1.82, 2.24) is 9.80 Å². The van der Waals surface area contributed by atoms with Crippen LogP contribution >= 0.6 is 0 Å². The molecule has 5 heteroatoms. The van der Waals surface area contributed by atoms with Crippen molar-refractivity contribution in [2.45, 2.75) is 110 Å². The van der Waals surface area contributed by atoms with Crippen LogP contribution in [0.1, 0.15) is 91.4 Å². The Balaban J connectivity index is 1.71. The summed E-state index contributed by atoms with van der Waals surface area (Å²) in [6.07, 6.45) is 12.0. The zero-order valence-electron chi connectivity index (χ0n) is 18.5. The molecule has 1 aliphatic carbocycles. The topological polar surface area (TPSA) is 64.0 Å².